The Bertz CT molecular complexity index is 2810. The van der Waals surface area contributed by atoms with Crippen molar-refractivity contribution in [2.24, 2.45) is 58.4 Å². The molecule has 0 heterocycles. The Labute approximate surface area is 731 Å². The monoisotopic (exact) mass is 1900 g/mol. The van der Waals surface area contributed by atoms with Crippen LogP contribution in [0, 0.1) is 0 Å². The van der Waals surface area contributed by atoms with Gasteiger partial charge in [0.15, 0.2) is 0 Å². The van der Waals surface area contributed by atoms with E-state index in [0.29, 0.717) is 109 Å². The van der Waals surface area contributed by atoms with E-state index in [1.807, 2.05) is 54.0 Å². The van der Waals surface area contributed by atoms with E-state index >= 15 is 0 Å². The topological polar surface area (TPSA) is 883 Å². The maximum atomic E-state index is 11.6. The minimum atomic E-state index is -1.71. The summed E-state index contributed by atoms with van der Waals surface area (Å²) in [5.41, 5.74) is 19.1. The second-order valence-electron chi connectivity index (χ2n) is 22.3. The zero-order chi connectivity index (χ0) is 91.7. The quantitative estimate of drug-likeness (QED) is 0.00671. The summed E-state index contributed by atoms with van der Waals surface area (Å²) in [5, 5.41) is 43.0. The van der Waals surface area contributed by atoms with Crippen molar-refractivity contribution in [2.45, 2.75) is 141 Å². The van der Waals surface area contributed by atoms with E-state index in [2.05, 4.69) is 42.5 Å². The molecule has 0 spiro atoms. The highest BCUT2D eigenvalue weighted by molar-refractivity contribution is 8.77. The number of carbonyl (C=O) groups is 20. The Kier molecular flexibility index (Phi) is 85.7. The first kappa shape index (κ1) is 121. The zero-order valence-electron chi connectivity index (χ0n) is 65.9. The van der Waals surface area contributed by atoms with E-state index in [0.717, 1.165) is 0 Å². The molecule has 0 aromatic heterocycles. The van der Waals surface area contributed by atoms with Gasteiger partial charge in [-0.15, -0.1) is 0 Å². The van der Waals surface area contributed by atoms with Gasteiger partial charge in [0, 0.05) is 174 Å². The molecular weight excluding hydrogens is 1790 g/mol. The summed E-state index contributed by atoms with van der Waals surface area (Å²) in [7, 11) is 14.4. The fourth-order valence-corrected chi connectivity index (χ4v) is 16.4. The van der Waals surface area contributed by atoms with Gasteiger partial charge in [0.2, 0.25) is 95.2 Å². The predicted octanol–water partition coefficient (Wildman–Crippen LogP) is -11.4. The van der Waals surface area contributed by atoms with Gasteiger partial charge < -0.3 is 63.4 Å². The molecule has 0 radical (unpaired) electrons. The molecule has 0 fully saturated rings. The van der Waals surface area contributed by atoms with E-state index in [4.69, 9.17) is 58.4 Å². The number of rotatable bonds is 61. The number of nitrogens with two attached hydrogens (primary N) is 10. The third-order valence-electron chi connectivity index (χ3n) is 12.8. The Morgan fingerprint density at radius 1 is 0.217 bits per heavy atom. The summed E-state index contributed by atoms with van der Waals surface area (Å²) < 4.78 is 0. The fraction of sp³-hybridized carbons (Fsp3) is 0.655. The Morgan fingerprint density at radius 3 is 0.625 bits per heavy atom. The van der Waals surface area contributed by atoms with Crippen molar-refractivity contribution in [1.29, 1.82) is 0 Å². The second-order valence-corrected chi connectivity index (χ2v) is 35.8. The number of hydrogen-bond acceptors (Lipinski definition) is 42. The van der Waals surface area contributed by atoms with Crippen LogP contribution >= 0.6 is 108 Å². The van der Waals surface area contributed by atoms with Crippen LogP contribution in [0.25, 0.3) is 0 Å². The lowest BCUT2D eigenvalue weighted by atomic mass is 10.3. The summed E-state index contributed by atoms with van der Waals surface area (Å²) in [5.74, 6) is 47.1. The summed E-state index contributed by atoms with van der Waals surface area (Å²) >= 11 is 0. The molecule has 0 saturated heterocycles. The van der Waals surface area contributed by atoms with Gasteiger partial charge in [-0.3, -0.25) is 150 Å². The number of carbonyl (C=O) groups excluding carboxylic acids is 20. The van der Waals surface area contributed by atoms with Gasteiger partial charge in [-0.25, -0.2) is 58.4 Å². The lowest BCUT2D eigenvalue weighted by Gasteiger charge is -2.12. The summed E-state index contributed by atoms with van der Waals surface area (Å²) in [6.45, 7) is 4.16. The van der Waals surface area contributed by atoms with Crippen molar-refractivity contribution in [3.05, 3.63) is 0 Å². The van der Waals surface area contributed by atoms with Crippen LogP contribution in [0.3, 0.4) is 0 Å². The number of hydrogen-bond donors (Lipinski definition) is 32. The smallest absolute Gasteiger partial charge is 0.283 e. The number of nitrogens with one attached hydrogen (secondary N) is 20. The highest BCUT2D eigenvalue weighted by atomic mass is 33.1. The van der Waals surface area contributed by atoms with Crippen LogP contribution < -0.4 is 166 Å². The number of aliphatic hydroxyl groups excluding tert-OH is 2. The molecule has 690 valence electrons. The Hall–Kier alpha value is -7.58. The van der Waals surface area contributed by atoms with Gasteiger partial charge in [-0.1, -0.05) is 108 Å². The summed E-state index contributed by atoms with van der Waals surface area (Å²) in [6, 6.07) is -1.37. The zero-order valence-corrected chi connectivity index (χ0v) is 74.0. The minimum Gasteiger partial charge on any atom is -0.365 e. The predicted molar refractivity (Wildman–Crippen MR) is 463 cm³/mol. The number of amides is 20. The maximum absolute atomic E-state index is 11.6. The molecule has 0 aromatic rings. The minimum absolute atomic E-state index is 0.0498. The normalized spacial score (nSPS) is 11.0. The van der Waals surface area contributed by atoms with Crippen molar-refractivity contribution >= 4 is 226 Å². The maximum Gasteiger partial charge on any atom is 0.283 e. The van der Waals surface area contributed by atoms with Gasteiger partial charge >= 0.3 is 0 Å². The molecule has 120 heavy (non-hydrogen) atoms. The van der Waals surface area contributed by atoms with Gasteiger partial charge in [-0.05, 0) is 26.7 Å². The average molecular weight is 1910 g/mol. The molecule has 0 aromatic carbocycles. The van der Waals surface area contributed by atoms with Crippen LogP contribution in [0.4, 0.5) is 0 Å². The Morgan fingerprint density at radius 2 is 0.408 bits per heavy atom. The Balaban J connectivity index is -0.000000460. The second kappa shape index (κ2) is 85.0. The highest BCUT2D eigenvalue weighted by Gasteiger charge is 2.20. The molecule has 62 heteroatoms. The molecule has 52 nitrogen and oxygen atoms in total. The molecule has 0 aliphatic heterocycles. The van der Waals surface area contributed by atoms with Crippen LogP contribution in [0.2, 0.25) is 0 Å². The van der Waals surface area contributed by atoms with Crippen molar-refractivity contribution in [3.8, 4) is 0 Å². The third-order valence-corrected chi connectivity index (χ3v) is 24.8. The first-order valence-electron chi connectivity index (χ1n) is 35.4. The molecule has 4 atom stereocenters. The highest BCUT2D eigenvalue weighted by Crippen LogP contribution is 2.26. The first-order chi connectivity index (χ1) is 57.1. The first-order valence-corrected chi connectivity index (χ1v) is 47.9. The molecular formula is C58H116N30O22S10. The SMILES string of the molecule is CC(NC(=O)CCSSCCC(=O)NC(C)C(=O)NN)C(=O)NN.NNC(=O)C(O)NC(=O)CCSSCCC(=O)NC(O)C(=O)NN.NNC(=O)CCCNC(=O)CCSSCCC(=O)NCCCC(=O)NN.NNC(=O)CCNC(=O)CCSSCCC(=O)NCCC(=O)NN.NNC(=O)CNC(=O)CCSSCCC(=O)NCC(=O)NN. The lowest BCUT2D eigenvalue weighted by molar-refractivity contribution is -0.136. The van der Waals surface area contributed by atoms with Gasteiger partial charge in [0.25, 0.3) is 35.4 Å². The molecule has 4 unspecified atom stereocenters. The molecule has 20 amide bonds. The van der Waals surface area contributed by atoms with E-state index in [1.165, 1.54) is 122 Å². The van der Waals surface area contributed by atoms with Crippen molar-refractivity contribution in [3.63, 3.8) is 0 Å². The van der Waals surface area contributed by atoms with E-state index in [-0.39, 0.29) is 161 Å². The molecule has 42 N–H and O–H groups in total. The van der Waals surface area contributed by atoms with E-state index in [9.17, 15) is 106 Å². The molecule has 0 saturated carbocycles. The van der Waals surface area contributed by atoms with Gasteiger partial charge in [0.1, 0.15) is 12.1 Å². The van der Waals surface area contributed by atoms with Crippen LogP contribution in [-0.2, 0) is 95.9 Å². The van der Waals surface area contributed by atoms with E-state index in [1.54, 1.807) is 10.9 Å². The van der Waals surface area contributed by atoms with Crippen LogP contribution in [-0.4, -0.2) is 250 Å². The van der Waals surface area contributed by atoms with Gasteiger partial charge in [-0.2, -0.15) is 0 Å². The fourth-order valence-electron chi connectivity index (χ4n) is 6.54. The average Bonchev–Trinajstić information content (AvgIpc) is 0.970. The van der Waals surface area contributed by atoms with Crippen LogP contribution in [0.5, 0.6) is 0 Å². The largest absolute Gasteiger partial charge is 0.365 e. The standard InChI is InChI=1S/C14H28N6O4S2.2C12H24N6O4S2.C10H20N6O6S2.C10H20N6O4S2/c15-19-13(23)3-1-7-17-11(21)5-9-25-26-10-6-12(22)18-8-2-4-14(24)20-16;1-7(11(21)17-13)15-9(19)3-5-23-24-6-4-10(20)16-8(2)12(22)18-14;13-17-11(21)1-5-15-9(19)3-7-23-24-8-4-10(20)16-6-2-12(22)18-14;11-15-9(21)7(19)13-5(17)1-3-23-24-4-2-6(18)14-8(20)10(22)16-12;11-15-9(19)5-13-7(17)1-3-21-22-4-2-8(18)14-6-10(20)16-12/h1-10,15-16H2,(H,17,21)(H,18,22)(H,19,23)(H,20,24);7-8H,3-6,13-14H2,1-2H3,(H,15,19)(H,16,20)(H,17,21)(H,18,22);1-8,13-14H2,(H,15,19)(H,16,20)(H,17,21)(H,18,22);7-8,19-20H,1-4,11-12H2,(H,13,17)(H,14,18)(H,15,21)(H,16,22);1-6,11-12H2,(H,13,17)(H,14,18)(H,15,19)(H,16,20). The van der Waals surface area contributed by atoms with Crippen LogP contribution in [0.1, 0.15) is 117 Å². The van der Waals surface area contributed by atoms with Crippen molar-refractivity contribution < 1.29 is 106 Å². The number of aliphatic hydroxyl groups is 2. The molecule has 0 aliphatic carbocycles. The molecule has 0 bridgehead atoms. The summed E-state index contributed by atoms with van der Waals surface area (Å²) in [6.07, 6.45) is 1.09. The molecule has 0 aliphatic rings. The van der Waals surface area contributed by atoms with E-state index < -0.39 is 71.8 Å². The van der Waals surface area contributed by atoms with Crippen molar-refractivity contribution in [1.82, 2.24) is 107 Å². The third kappa shape index (κ3) is 84.0. The van der Waals surface area contributed by atoms with Crippen LogP contribution in [0.15, 0.2) is 0 Å². The number of hydrazine groups is 10. The summed E-state index contributed by atoms with van der Waals surface area (Å²) in [4.78, 5) is 224. The van der Waals surface area contributed by atoms with Crippen molar-refractivity contribution in [2.75, 3.05) is 96.8 Å². The van der Waals surface area contributed by atoms with Gasteiger partial charge in [0.05, 0.1) is 13.1 Å². The molecule has 0 rings (SSSR count). The lowest BCUT2D eigenvalue weighted by Crippen LogP contribution is -2.48.